The van der Waals surface area contributed by atoms with Crippen LogP contribution in [0.25, 0.3) is 22.3 Å². The zero-order valence-corrected chi connectivity index (χ0v) is 22.4. The number of carbonyl (C=O) groups is 1. The molecular formula is C28H20I2O3-2. The second-order valence-electron chi connectivity index (χ2n) is 8.10. The molecule has 1 spiro atoms. The van der Waals surface area contributed by atoms with E-state index in [0.717, 1.165) is 3.57 Å². The van der Waals surface area contributed by atoms with E-state index in [2.05, 4.69) is 84.9 Å². The number of halogens is 2. The van der Waals surface area contributed by atoms with Crippen molar-refractivity contribution in [3.8, 4) is 22.3 Å². The Kier molecular flexibility index (Phi) is 5.31. The minimum absolute atomic E-state index is 0.217. The van der Waals surface area contributed by atoms with Crippen molar-refractivity contribution in [3.05, 3.63) is 114 Å². The molecule has 6 rings (SSSR count). The molecule has 0 radical (unpaired) electrons. The Morgan fingerprint density at radius 2 is 1.15 bits per heavy atom. The molecule has 2 aliphatic rings. The van der Waals surface area contributed by atoms with Gasteiger partial charge in [0.25, 0.3) is 0 Å². The summed E-state index contributed by atoms with van der Waals surface area (Å²) in [6.07, 6.45) is 0. The summed E-state index contributed by atoms with van der Waals surface area (Å²) < 4.78 is 13.4. The molecule has 0 amide bonds. The molecule has 0 fully saturated rings. The Morgan fingerprint density at radius 3 is 1.67 bits per heavy atom. The normalized spacial score (nSPS) is 17.0. The first kappa shape index (κ1) is 21.3. The van der Waals surface area contributed by atoms with Gasteiger partial charge in [-0.3, -0.25) is 0 Å². The summed E-state index contributed by atoms with van der Waals surface area (Å²) in [6.45, 7) is 1.48. The summed E-state index contributed by atoms with van der Waals surface area (Å²) in [6, 6.07) is 31.0. The van der Waals surface area contributed by atoms with Gasteiger partial charge in [-0.05, 0) is 0 Å². The maximum atomic E-state index is 11.5. The number of rotatable bonds is 4. The fourth-order valence-corrected chi connectivity index (χ4v) is 7.97. The van der Waals surface area contributed by atoms with Gasteiger partial charge in [0.2, 0.25) is 0 Å². The van der Waals surface area contributed by atoms with Gasteiger partial charge in [-0.1, -0.05) is 0 Å². The van der Waals surface area contributed by atoms with Crippen molar-refractivity contribution >= 4 is 5.97 Å². The Labute approximate surface area is 214 Å². The Morgan fingerprint density at radius 1 is 0.667 bits per heavy atom. The third kappa shape index (κ3) is 3.12. The monoisotopic (exact) mass is 658 g/mol. The standard InChI is InChI=1S/C28H20I2O3/c1-17(31)33-30-19-12-14-23-21-8-4-6-10-25(21)28(27(23)16-19)24-9-5-3-7-20(24)22-13-11-18(29-32-2)15-26(22)28/h3-16H,1-2H3/q-2. The van der Waals surface area contributed by atoms with E-state index in [0.29, 0.717) is 0 Å². The molecular weight excluding hydrogens is 638 g/mol. The van der Waals surface area contributed by atoms with Crippen molar-refractivity contribution in [2.75, 3.05) is 7.11 Å². The Balaban J connectivity index is 1.70. The third-order valence-electron chi connectivity index (χ3n) is 6.42. The fourth-order valence-electron chi connectivity index (χ4n) is 5.37. The number of hydrogen-bond donors (Lipinski definition) is 0. The number of benzene rings is 4. The van der Waals surface area contributed by atoms with Crippen molar-refractivity contribution in [1.82, 2.24) is 0 Å². The Hall–Kier alpha value is -2.23. The summed E-state index contributed by atoms with van der Waals surface area (Å²) in [5, 5.41) is 0. The third-order valence-corrected chi connectivity index (χ3v) is 10.1. The molecule has 3 nitrogen and oxygen atoms in total. The summed E-state index contributed by atoms with van der Waals surface area (Å²) in [5.74, 6) is -0.217. The molecule has 0 aromatic heterocycles. The Bertz CT molecular complexity index is 1420. The van der Waals surface area contributed by atoms with Crippen molar-refractivity contribution in [2.24, 2.45) is 0 Å². The van der Waals surface area contributed by atoms with E-state index in [1.54, 1.807) is 7.11 Å². The predicted octanol–water partition coefficient (Wildman–Crippen LogP) is -0.413. The SMILES string of the molecule is CO[I-]c1ccc2c(c1)C1(c3ccccc3-2)c2ccccc2-c2ccc([I-]OC(C)=O)cc21. The first-order chi connectivity index (χ1) is 16.1. The quantitative estimate of drug-likeness (QED) is 0.242. The molecule has 1 atom stereocenters. The van der Waals surface area contributed by atoms with E-state index in [4.69, 9.17) is 6.13 Å². The van der Waals surface area contributed by atoms with Gasteiger partial charge in [0.15, 0.2) is 0 Å². The van der Waals surface area contributed by atoms with Crippen LogP contribution in [0.15, 0.2) is 84.9 Å². The van der Waals surface area contributed by atoms with Crippen LogP contribution in [0.2, 0.25) is 0 Å². The average molecular weight is 658 g/mol. The van der Waals surface area contributed by atoms with Crippen LogP contribution in [0.4, 0.5) is 0 Å². The molecule has 0 aliphatic heterocycles. The number of fused-ring (bicyclic) bond motifs is 10. The van der Waals surface area contributed by atoms with Gasteiger partial charge in [-0.15, -0.1) is 0 Å². The molecule has 0 N–H and O–H groups in total. The van der Waals surface area contributed by atoms with Gasteiger partial charge in [-0.2, -0.15) is 0 Å². The van der Waals surface area contributed by atoms with Crippen LogP contribution in [0.5, 0.6) is 0 Å². The van der Waals surface area contributed by atoms with Crippen LogP contribution in [-0.4, -0.2) is 13.1 Å². The van der Waals surface area contributed by atoms with Crippen LogP contribution in [0.3, 0.4) is 0 Å². The summed E-state index contributed by atoms with van der Waals surface area (Å²) in [5.41, 5.74) is 9.99. The topological polar surface area (TPSA) is 35.5 Å². The van der Waals surface area contributed by atoms with Crippen molar-refractivity contribution in [3.63, 3.8) is 0 Å². The van der Waals surface area contributed by atoms with Crippen LogP contribution in [-0.2, 0) is 16.3 Å². The first-order valence-corrected chi connectivity index (χ1v) is 14.6. The van der Waals surface area contributed by atoms with Crippen LogP contribution in [0, 0.1) is 7.14 Å². The number of carbonyl (C=O) groups excluding carboxylic acids is 1. The predicted molar refractivity (Wildman–Crippen MR) is 119 cm³/mol. The molecule has 0 saturated carbocycles. The molecule has 166 valence electrons. The summed E-state index contributed by atoms with van der Waals surface area (Å²) >= 11 is -1.34. The second-order valence-corrected chi connectivity index (χ2v) is 12.8. The molecule has 2 aliphatic carbocycles. The van der Waals surface area contributed by atoms with Gasteiger partial charge in [0.1, 0.15) is 0 Å². The van der Waals surface area contributed by atoms with Crippen LogP contribution in [0.1, 0.15) is 29.2 Å². The molecule has 4 aromatic carbocycles. The second kappa shape index (κ2) is 8.21. The van der Waals surface area contributed by atoms with Gasteiger partial charge in [0, 0.05) is 0 Å². The van der Waals surface area contributed by atoms with E-state index in [9.17, 15) is 4.79 Å². The van der Waals surface area contributed by atoms with Crippen molar-refractivity contribution in [2.45, 2.75) is 12.3 Å². The maximum absolute atomic E-state index is 11.5. The van der Waals surface area contributed by atoms with Gasteiger partial charge < -0.3 is 0 Å². The molecule has 0 bridgehead atoms. The van der Waals surface area contributed by atoms with Crippen LogP contribution < -0.4 is 43.2 Å². The van der Waals surface area contributed by atoms with E-state index < -0.39 is 43.2 Å². The number of hydrogen-bond acceptors (Lipinski definition) is 3. The van der Waals surface area contributed by atoms with Crippen molar-refractivity contribution in [1.29, 1.82) is 0 Å². The van der Waals surface area contributed by atoms with E-state index >= 15 is 0 Å². The molecule has 5 heteroatoms. The minimum atomic E-state index is -0.844. The first-order valence-electron chi connectivity index (χ1n) is 10.6. The van der Waals surface area contributed by atoms with E-state index in [1.807, 2.05) is 0 Å². The molecule has 1 unspecified atom stereocenters. The van der Waals surface area contributed by atoms with Crippen LogP contribution >= 0.6 is 0 Å². The summed E-state index contributed by atoms with van der Waals surface area (Å²) in [4.78, 5) is 11.5. The zero-order valence-electron chi connectivity index (χ0n) is 18.1. The molecule has 0 heterocycles. The van der Waals surface area contributed by atoms with Gasteiger partial charge >= 0.3 is 216 Å². The van der Waals surface area contributed by atoms with Gasteiger partial charge in [-0.25, -0.2) is 0 Å². The molecule has 0 saturated heterocycles. The van der Waals surface area contributed by atoms with E-state index in [1.165, 1.54) is 55.0 Å². The van der Waals surface area contributed by atoms with Gasteiger partial charge in [0.05, 0.1) is 0 Å². The van der Waals surface area contributed by atoms with Crippen molar-refractivity contribution < 1.29 is 54.2 Å². The zero-order chi connectivity index (χ0) is 22.6. The molecule has 33 heavy (non-hydrogen) atoms. The van der Waals surface area contributed by atoms with E-state index in [-0.39, 0.29) is 11.4 Å². The summed E-state index contributed by atoms with van der Waals surface area (Å²) in [7, 11) is 1.79. The molecule has 4 aromatic rings. The average Bonchev–Trinajstić information content (AvgIpc) is 3.29. The fraction of sp³-hybridized carbons (Fsp3) is 0.107.